The first-order valence-corrected chi connectivity index (χ1v) is 11.7. The normalized spacial score (nSPS) is 18.6. The molecule has 178 valence electrons. The molecule has 0 atom stereocenters. The number of ether oxygens (including phenoxy) is 3. The lowest BCUT2D eigenvalue weighted by Gasteiger charge is -2.48. The number of fused-ring (bicyclic) bond motifs is 1. The van der Waals surface area contributed by atoms with Gasteiger partial charge in [-0.25, -0.2) is 4.79 Å². The number of carbonyl (C=O) groups is 2. The highest BCUT2D eigenvalue weighted by molar-refractivity contribution is 5.96. The Morgan fingerprint density at radius 3 is 2.64 bits per heavy atom. The number of hydrogen-bond donors (Lipinski definition) is 1. The van der Waals surface area contributed by atoms with Gasteiger partial charge in [-0.2, -0.15) is 0 Å². The highest BCUT2D eigenvalue weighted by atomic mass is 16.5. The molecule has 8 heteroatoms. The van der Waals surface area contributed by atoms with Crippen molar-refractivity contribution in [2.75, 3.05) is 46.6 Å². The molecular formula is C25H33N3O5. The van der Waals surface area contributed by atoms with Crippen LogP contribution in [0.4, 0.5) is 0 Å². The third-order valence-corrected chi connectivity index (χ3v) is 6.85. The molecule has 0 bridgehead atoms. The Kier molecular flexibility index (Phi) is 7.45. The summed E-state index contributed by atoms with van der Waals surface area (Å²) in [6.45, 7) is 5.28. The Morgan fingerprint density at radius 1 is 1.15 bits per heavy atom. The molecule has 1 N–H and O–H groups in total. The summed E-state index contributed by atoms with van der Waals surface area (Å²) in [6, 6.07) is 7.23. The van der Waals surface area contributed by atoms with Crippen LogP contribution in [-0.2, 0) is 14.3 Å². The van der Waals surface area contributed by atoms with E-state index in [1.807, 2.05) is 18.2 Å². The molecule has 2 aliphatic rings. The molecule has 1 saturated heterocycles. The number of aryl methyl sites for hydroxylation is 1. The first-order valence-electron chi connectivity index (χ1n) is 11.7. The second kappa shape index (κ2) is 10.5. The van der Waals surface area contributed by atoms with Gasteiger partial charge >= 0.3 is 5.97 Å². The van der Waals surface area contributed by atoms with Gasteiger partial charge < -0.3 is 19.5 Å². The van der Waals surface area contributed by atoms with Crippen LogP contribution in [0.25, 0.3) is 10.9 Å². The molecule has 4 rings (SSSR count). The number of methoxy groups -OCH3 is 1. The summed E-state index contributed by atoms with van der Waals surface area (Å²) < 4.78 is 16.1. The monoisotopic (exact) mass is 455 g/mol. The van der Waals surface area contributed by atoms with E-state index in [-0.39, 0.29) is 18.1 Å². The molecule has 1 aromatic carbocycles. The minimum atomic E-state index is -0.548. The summed E-state index contributed by atoms with van der Waals surface area (Å²) in [6.07, 6.45) is 5.72. The standard InChI is InChI=1S/C25H33N3O5/c1-18-21(14-19-6-7-20(31-2)15-22(19)27-18)24(30)33-16-23(29)26-17-25(8-4-3-5-9-25)28-10-12-32-13-11-28/h6-7,14-15H,3-5,8-13,16-17H2,1-2H3,(H,26,29). The van der Waals surface area contributed by atoms with Gasteiger partial charge in [-0.15, -0.1) is 0 Å². The molecule has 1 saturated carbocycles. The summed E-state index contributed by atoms with van der Waals surface area (Å²) in [5.74, 6) is -0.125. The van der Waals surface area contributed by atoms with Crippen molar-refractivity contribution in [3.8, 4) is 5.75 Å². The number of carbonyl (C=O) groups excluding carboxylic acids is 2. The van der Waals surface area contributed by atoms with E-state index in [1.54, 1.807) is 20.1 Å². The van der Waals surface area contributed by atoms with Crippen molar-refractivity contribution < 1.29 is 23.8 Å². The molecule has 1 amide bonds. The largest absolute Gasteiger partial charge is 0.497 e. The Balaban J connectivity index is 1.35. The fourth-order valence-corrected chi connectivity index (χ4v) is 4.95. The number of benzene rings is 1. The van der Waals surface area contributed by atoms with Gasteiger partial charge in [-0.1, -0.05) is 19.3 Å². The van der Waals surface area contributed by atoms with Crippen LogP contribution in [0, 0.1) is 6.92 Å². The van der Waals surface area contributed by atoms with E-state index in [4.69, 9.17) is 14.2 Å². The number of aromatic nitrogens is 1. The highest BCUT2D eigenvalue weighted by Crippen LogP contribution is 2.33. The number of esters is 1. The average molecular weight is 456 g/mol. The Hall–Kier alpha value is -2.71. The van der Waals surface area contributed by atoms with E-state index >= 15 is 0 Å². The molecule has 1 aromatic heterocycles. The van der Waals surface area contributed by atoms with Crippen molar-refractivity contribution in [3.63, 3.8) is 0 Å². The Labute approximate surface area is 194 Å². The fourth-order valence-electron chi connectivity index (χ4n) is 4.95. The zero-order chi connectivity index (χ0) is 23.3. The van der Waals surface area contributed by atoms with E-state index in [2.05, 4.69) is 15.2 Å². The maximum atomic E-state index is 12.7. The summed E-state index contributed by atoms with van der Waals surface area (Å²) in [7, 11) is 1.60. The van der Waals surface area contributed by atoms with E-state index in [9.17, 15) is 9.59 Å². The van der Waals surface area contributed by atoms with Crippen molar-refractivity contribution in [3.05, 3.63) is 35.5 Å². The number of hydrogen-bond acceptors (Lipinski definition) is 7. The zero-order valence-corrected chi connectivity index (χ0v) is 19.5. The van der Waals surface area contributed by atoms with Crippen LogP contribution in [0.15, 0.2) is 24.3 Å². The summed E-state index contributed by atoms with van der Waals surface area (Å²) >= 11 is 0. The third kappa shape index (κ3) is 5.45. The minimum Gasteiger partial charge on any atom is -0.497 e. The number of amides is 1. The lowest BCUT2D eigenvalue weighted by atomic mass is 9.79. The van der Waals surface area contributed by atoms with Crippen molar-refractivity contribution in [1.29, 1.82) is 0 Å². The van der Waals surface area contributed by atoms with Crippen LogP contribution < -0.4 is 10.1 Å². The van der Waals surface area contributed by atoms with E-state index in [0.717, 1.165) is 50.0 Å². The predicted octanol–water partition coefficient (Wildman–Crippen LogP) is 2.86. The summed E-state index contributed by atoms with van der Waals surface area (Å²) in [4.78, 5) is 32.2. The Morgan fingerprint density at radius 2 is 1.91 bits per heavy atom. The van der Waals surface area contributed by atoms with Crippen LogP contribution in [0.5, 0.6) is 5.75 Å². The summed E-state index contributed by atoms with van der Waals surface area (Å²) in [5, 5.41) is 3.83. The van der Waals surface area contributed by atoms with E-state index in [0.29, 0.717) is 23.6 Å². The first-order chi connectivity index (χ1) is 16.0. The number of morpholine rings is 1. The molecule has 2 fully saturated rings. The molecule has 2 heterocycles. The van der Waals surface area contributed by atoms with Gasteiger partial charge in [-0.3, -0.25) is 14.7 Å². The molecule has 0 unspecified atom stereocenters. The maximum absolute atomic E-state index is 12.7. The molecular weight excluding hydrogens is 422 g/mol. The van der Waals surface area contributed by atoms with Crippen LogP contribution in [0.2, 0.25) is 0 Å². The number of nitrogens with one attached hydrogen (secondary N) is 1. The zero-order valence-electron chi connectivity index (χ0n) is 19.5. The average Bonchev–Trinajstić information content (AvgIpc) is 2.86. The first kappa shape index (κ1) is 23.4. The van der Waals surface area contributed by atoms with Crippen LogP contribution in [0.1, 0.15) is 48.2 Å². The van der Waals surface area contributed by atoms with Gasteiger partial charge in [0, 0.05) is 36.6 Å². The van der Waals surface area contributed by atoms with Crippen molar-refractivity contribution in [2.45, 2.75) is 44.6 Å². The Bertz CT molecular complexity index is 997. The second-order valence-corrected chi connectivity index (χ2v) is 8.92. The van der Waals surface area contributed by atoms with Gasteiger partial charge in [0.2, 0.25) is 0 Å². The fraction of sp³-hybridized carbons (Fsp3) is 0.560. The minimum absolute atomic E-state index is 0.0262. The van der Waals surface area contributed by atoms with Crippen molar-refractivity contribution >= 4 is 22.8 Å². The van der Waals surface area contributed by atoms with Crippen LogP contribution in [-0.4, -0.2) is 73.9 Å². The maximum Gasteiger partial charge on any atom is 0.340 e. The SMILES string of the molecule is COc1ccc2cc(C(=O)OCC(=O)NCC3(N4CCOCC4)CCCCC3)c(C)nc2c1. The lowest BCUT2D eigenvalue weighted by Crippen LogP contribution is -2.59. The molecule has 2 aromatic rings. The summed E-state index contributed by atoms with van der Waals surface area (Å²) in [5.41, 5.74) is 1.62. The smallest absolute Gasteiger partial charge is 0.340 e. The van der Waals surface area contributed by atoms with Gasteiger partial charge in [-0.05, 0) is 38.0 Å². The van der Waals surface area contributed by atoms with Gasteiger partial charge in [0.05, 0.1) is 37.1 Å². The number of nitrogens with zero attached hydrogens (tertiary/aromatic N) is 2. The molecule has 33 heavy (non-hydrogen) atoms. The van der Waals surface area contributed by atoms with E-state index < -0.39 is 5.97 Å². The number of pyridine rings is 1. The van der Waals surface area contributed by atoms with Gasteiger partial charge in [0.1, 0.15) is 5.75 Å². The van der Waals surface area contributed by atoms with Gasteiger partial charge in [0.25, 0.3) is 5.91 Å². The lowest BCUT2D eigenvalue weighted by molar-refractivity contribution is -0.125. The van der Waals surface area contributed by atoms with Crippen molar-refractivity contribution in [2.24, 2.45) is 0 Å². The van der Waals surface area contributed by atoms with Crippen molar-refractivity contribution in [1.82, 2.24) is 15.2 Å². The molecule has 0 spiro atoms. The van der Waals surface area contributed by atoms with Crippen LogP contribution in [0.3, 0.4) is 0 Å². The molecule has 1 aliphatic carbocycles. The second-order valence-electron chi connectivity index (χ2n) is 8.92. The van der Waals surface area contributed by atoms with E-state index in [1.165, 1.54) is 19.3 Å². The predicted molar refractivity (Wildman–Crippen MR) is 125 cm³/mol. The van der Waals surface area contributed by atoms with Gasteiger partial charge in [0.15, 0.2) is 6.61 Å². The van der Waals surface area contributed by atoms with Crippen LogP contribution >= 0.6 is 0 Å². The third-order valence-electron chi connectivity index (χ3n) is 6.85. The highest BCUT2D eigenvalue weighted by Gasteiger charge is 2.38. The molecule has 8 nitrogen and oxygen atoms in total. The topological polar surface area (TPSA) is 90.0 Å². The number of rotatable bonds is 7. The molecule has 1 aliphatic heterocycles. The molecule has 0 radical (unpaired) electrons. The quantitative estimate of drug-likeness (QED) is 0.642.